The molecule has 1 aromatic heterocycles. The Morgan fingerprint density at radius 3 is 2.85 bits per heavy atom. The number of benzene rings is 2. The van der Waals surface area contributed by atoms with Crippen LogP contribution in [0, 0.1) is 6.92 Å². The second-order valence-corrected chi connectivity index (χ2v) is 5.95. The molecule has 0 radical (unpaired) electrons. The third kappa shape index (κ3) is 3.29. The molecule has 0 aliphatic carbocycles. The van der Waals surface area contributed by atoms with E-state index in [0.717, 1.165) is 11.1 Å². The van der Waals surface area contributed by atoms with Gasteiger partial charge in [-0.15, -0.1) is 0 Å². The van der Waals surface area contributed by atoms with Crippen molar-refractivity contribution in [2.45, 2.75) is 19.6 Å². The first-order chi connectivity index (χ1) is 12.7. The van der Waals surface area contributed by atoms with E-state index in [1.165, 1.54) is 0 Å². The number of nitrogens with one attached hydrogen (secondary N) is 1. The summed E-state index contributed by atoms with van der Waals surface area (Å²) in [5.41, 5.74) is 2.68. The van der Waals surface area contributed by atoms with Crippen molar-refractivity contribution in [3.05, 3.63) is 65.5 Å². The van der Waals surface area contributed by atoms with Gasteiger partial charge in [-0.3, -0.25) is 4.79 Å². The summed E-state index contributed by atoms with van der Waals surface area (Å²) in [5, 5.41) is 6.69. The highest BCUT2D eigenvalue weighted by Crippen LogP contribution is 2.31. The predicted molar refractivity (Wildman–Crippen MR) is 92.1 cm³/mol. The first kappa shape index (κ1) is 16.3. The number of hydrogen-bond acceptors (Lipinski definition) is 6. The summed E-state index contributed by atoms with van der Waals surface area (Å²) in [6.07, 6.45) is -0.719. The zero-order chi connectivity index (χ0) is 17.9. The number of para-hydroxylation sites is 1. The number of carbonyl (C=O) groups excluding carboxylic acids is 1. The lowest BCUT2D eigenvalue weighted by atomic mass is 10.1. The van der Waals surface area contributed by atoms with Crippen LogP contribution >= 0.6 is 0 Å². The minimum atomic E-state index is -0.719. The molecule has 1 atom stereocenters. The number of ether oxygens (including phenoxy) is 2. The van der Waals surface area contributed by atoms with E-state index in [1.807, 2.05) is 55.5 Å². The van der Waals surface area contributed by atoms with Crippen molar-refractivity contribution >= 4 is 5.91 Å². The SMILES string of the molecule is Cc1ccc(-c2nc(CNC(=O)C3OCOc4ccccc43)no2)cc1. The second kappa shape index (κ2) is 6.97. The van der Waals surface area contributed by atoms with Gasteiger partial charge in [-0.1, -0.05) is 41.1 Å². The first-order valence-electron chi connectivity index (χ1n) is 8.21. The van der Waals surface area contributed by atoms with E-state index in [1.54, 1.807) is 0 Å². The van der Waals surface area contributed by atoms with Crippen molar-refractivity contribution in [3.8, 4) is 17.2 Å². The molecule has 0 bridgehead atoms. The molecular weight excluding hydrogens is 334 g/mol. The number of aryl methyl sites for hydroxylation is 1. The average molecular weight is 351 g/mol. The number of rotatable bonds is 4. The maximum Gasteiger partial charge on any atom is 0.257 e. The lowest BCUT2D eigenvalue weighted by molar-refractivity contribution is -0.142. The van der Waals surface area contributed by atoms with Crippen LogP contribution in [0.25, 0.3) is 11.5 Å². The molecule has 3 aromatic rings. The van der Waals surface area contributed by atoms with Crippen LogP contribution in [-0.2, 0) is 16.1 Å². The number of aromatic nitrogens is 2. The molecule has 7 nitrogen and oxygen atoms in total. The van der Waals surface area contributed by atoms with Crippen molar-refractivity contribution in [3.63, 3.8) is 0 Å². The van der Waals surface area contributed by atoms with Crippen LogP contribution in [0.5, 0.6) is 5.75 Å². The predicted octanol–water partition coefficient (Wildman–Crippen LogP) is 2.77. The molecule has 0 spiro atoms. The monoisotopic (exact) mass is 351 g/mol. The van der Waals surface area contributed by atoms with E-state index in [9.17, 15) is 4.79 Å². The fraction of sp³-hybridized carbons (Fsp3) is 0.211. The second-order valence-electron chi connectivity index (χ2n) is 5.95. The lowest BCUT2D eigenvalue weighted by Gasteiger charge is -2.25. The molecular formula is C19H17N3O4. The van der Waals surface area contributed by atoms with E-state index in [4.69, 9.17) is 14.0 Å². The summed E-state index contributed by atoms with van der Waals surface area (Å²) in [6, 6.07) is 15.1. The Morgan fingerprint density at radius 2 is 2.00 bits per heavy atom. The Hall–Kier alpha value is -3.19. The van der Waals surface area contributed by atoms with Crippen molar-refractivity contribution in [2.75, 3.05) is 6.79 Å². The lowest BCUT2D eigenvalue weighted by Crippen LogP contribution is -2.33. The summed E-state index contributed by atoms with van der Waals surface area (Å²) >= 11 is 0. The van der Waals surface area contributed by atoms with Crippen LogP contribution < -0.4 is 10.1 Å². The molecule has 1 N–H and O–H groups in total. The van der Waals surface area contributed by atoms with E-state index in [0.29, 0.717) is 23.0 Å². The molecule has 26 heavy (non-hydrogen) atoms. The maximum absolute atomic E-state index is 12.5. The third-order valence-electron chi connectivity index (χ3n) is 4.08. The van der Waals surface area contributed by atoms with Crippen LogP contribution in [0.15, 0.2) is 53.1 Å². The van der Waals surface area contributed by atoms with Gasteiger partial charge in [0.15, 0.2) is 18.7 Å². The van der Waals surface area contributed by atoms with Gasteiger partial charge in [0.1, 0.15) is 5.75 Å². The molecule has 1 amide bonds. The zero-order valence-electron chi connectivity index (χ0n) is 14.1. The van der Waals surface area contributed by atoms with Crippen LogP contribution in [0.4, 0.5) is 0 Å². The molecule has 0 saturated heterocycles. The Kier molecular flexibility index (Phi) is 4.37. The van der Waals surface area contributed by atoms with Gasteiger partial charge in [0, 0.05) is 11.1 Å². The Labute approximate surface area is 149 Å². The molecule has 1 aliphatic heterocycles. The van der Waals surface area contributed by atoms with Crippen LogP contribution in [0.2, 0.25) is 0 Å². The molecule has 7 heteroatoms. The van der Waals surface area contributed by atoms with Crippen molar-refractivity contribution in [1.29, 1.82) is 0 Å². The molecule has 4 rings (SSSR count). The highest BCUT2D eigenvalue weighted by Gasteiger charge is 2.28. The number of carbonyl (C=O) groups is 1. The topological polar surface area (TPSA) is 86.5 Å². The normalized spacial score (nSPS) is 15.8. The number of nitrogens with zero attached hydrogens (tertiary/aromatic N) is 2. The van der Waals surface area contributed by atoms with E-state index >= 15 is 0 Å². The molecule has 1 unspecified atom stereocenters. The van der Waals surface area contributed by atoms with Gasteiger partial charge in [-0.05, 0) is 25.1 Å². The van der Waals surface area contributed by atoms with Crippen molar-refractivity contribution < 1.29 is 18.8 Å². The highest BCUT2D eigenvalue weighted by molar-refractivity contribution is 5.83. The third-order valence-corrected chi connectivity index (χ3v) is 4.08. The van der Waals surface area contributed by atoms with Crippen molar-refractivity contribution in [2.24, 2.45) is 0 Å². The summed E-state index contributed by atoms with van der Waals surface area (Å²) in [5.74, 6) is 1.19. The van der Waals surface area contributed by atoms with E-state index in [-0.39, 0.29) is 19.2 Å². The minimum Gasteiger partial charge on any atom is -0.467 e. The first-order valence-corrected chi connectivity index (χ1v) is 8.21. The molecule has 132 valence electrons. The van der Waals surface area contributed by atoms with Gasteiger partial charge in [-0.25, -0.2) is 0 Å². The maximum atomic E-state index is 12.5. The number of amides is 1. The summed E-state index contributed by atoms with van der Waals surface area (Å²) in [7, 11) is 0. The minimum absolute atomic E-state index is 0.0366. The Morgan fingerprint density at radius 1 is 1.19 bits per heavy atom. The Balaban J connectivity index is 1.42. The standard InChI is InChI=1S/C19H17N3O4/c1-12-6-8-13(9-7-12)19-21-16(22-26-19)10-20-18(23)17-14-4-2-3-5-15(14)24-11-25-17/h2-9,17H,10-11H2,1H3,(H,20,23). The molecule has 0 saturated carbocycles. The van der Waals surface area contributed by atoms with Gasteiger partial charge in [0.25, 0.3) is 11.8 Å². The molecule has 1 aliphatic rings. The summed E-state index contributed by atoms with van der Waals surface area (Å²) in [6.45, 7) is 2.20. The fourth-order valence-electron chi connectivity index (χ4n) is 2.70. The number of hydrogen-bond donors (Lipinski definition) is 1. The van der Waals surface area contributed by atoms with E-state index < -0.39 is 6.10 Å². The fourth-order valence-corrected chi connectivity index (χ4v) is 2.70. The van der Waals surface area contributed by atoms with Crippen LogP contribution in [0.3, 0.4) is 0 Å². The quantitative estimate of drug-likeness (QED) is 0.778. The van der Waals surface area contributed by atoms with E-state index in [2.05, 4.69) is 15.5 Å². The van der Waals surface area contributed by atoms with Crippen LogP contribution in [-0.4, -0.2) is 22.8 Å². The summed E-state index contributed by atoms with van der Waals surface area (Å²) in [4.78, 5) is 16.8. The smallest absolute Gasteiger partial charge is 0.257 e. The molecule has 0 fully saturated rings. The van der Waals surface area contributed by atoms with Gasteiger partial charge in [0.05, 0.1) is 6.54 Å². The zero-order valence-corrected chi connectivity index (χ0v) is 14.1. The molecule has 2 heterocycles. The van der Waals surface area contributed by atoms with Crippen LogP contribution in [0.1, 0.15) is 23.1 Å². The Bertz CT molecular complexity index is 921. The van der Waals surface area contributed by atoms with Gasteiger partial charge >= 0.3 is 0 Å². The van der Waals surface area contributed by atoms with Gasteiger partial charge in [0.2, 0.25) is 0 Å². The summed E-state index contributed by atoms with van der Waals surface area (Å²) < 4.78 is 16.1. The average Bonchev–Trinajstić information content (AvgIpc) is 3.15. The highest BCUT2D eigenvalue weighted by atomic mass is 16.7. The number of fused-ring (bicyclic) bond motifs is 1. The van der Waals surface area contributed by atoms with Gasteiger partial charge < -0.3 is 19.3 Å². The van der Waals surface area contributed by atoms with Gasteiger partial charge in [-0.2, -0.15) is 4.98 Å². The molecule has 2 aromatic carbocycles. The van der Waals surface area contributed by atoms with Crippen molar-refractivity contribution in [1.82, 2.24) is 15.5 Å². The largest absolute Gasteiger partial charge is 0.467 e.